The summed E-state index contributed by atoms with van der Waals surface area (Å²) in [6.07, 6.45) is 1.30. The van der Waals surface area contributed by atoms with Crippen LogP contribution in [0.1, 0.15) is 10.4 Å². The predicted molar refractivity (Wildman–Crippen MR) is 73.4 cm³/mol. The van der Waals surface area contributed by atoms with E-state index in [4.69, 9.17) is 16.7 Å². The summed E-state index contributed by atoms with van der Waals surface area (Å²) in [5.74, 6) is -2.18. The lowest BCUT2D eigenvalue weighted by molar-refractivity contribution is 0.0698. The van der Waals surface area contributed by atoms with E-state index < -0.39 is 27.5 Å². The minimum Gasteiger partial charge on any atom is -0.478 e. The first kappa shape index (κ1) is 15.2. The Balaban J connectivity index is 2.49. The number of nitrogens with one attached hydrogen (secondary N) is 1. The topological polar surface area (TPSA) is 96.4 Å². The number of hydrogen-bond acceptors (Lipinski definition) is 4. The number of anilines is 1. The Morgan fingerprint density at radius 2 is 2.05 bits per heavy atom. The molecule has 0 radical (unpaired) electrons. The van der Waals surface area contributed by atoms with Gasteiger partial charge in [0, 0.05) is 6.20 Å². The molecule has 0 aliphatic heterocycles. The third-order valence-corrected chi connectivity index (χ3v) is 4.28. The number of hydrogen-bond donors (Lipinski definition) is 2. The van der Waals surface area contributed by atoms with E-state index in [0.717, 1.165) is 18.2 Å². The van der Waals surface area contributed by atoms with E-state index in [1.54, 1.807) is 0 Å². The van der Waals surface area contributed by atoms with Gasteiger partial charge in [-0.1, -0.05) is 11.6 Å². The fraction of sp³-hybridized carbons (Fsp3) is 0. The van der Waals surface area contributed by atoms with Crippen LogP contribution in [0.3, 0.4) is 0 Å². The third-order valence-electron chi connectivity index (χ3n) is 2.47. The first-order valence-electron chi connectivity index (χ1n) is 5.47. The van der Waals surface area contributed by atoms with Crippen molar-refractivity contribution >= 4 is 33.3 Å². The van der Waals surface area contributed by atoms with Crippen molar-refractivity contribution in [1.29, 1.82) is 0 Å². The highest BCUT2D eigenvalue weighted by atomic mass is 35.5. The van der Waals surface area contributed by atoms with Crippen molar-refractivity contribution in [2.75, 3.05) is 4.72 Å². The van der Waals surface area contributed by atoms with Gasteiger partial charge in [0.05, 0.1) is 11.3 Å². The Bertz CT molecular complexity index is 811. The zero-order valence-corrected chi connectivity index (χ0v) is 11.8. The van der Waals surface area contributed by atoms with Crippen molar-refractivity contribution in [3.05, 3.63) is 53.1 Å². The van der Waals surface area contributed by atoms with Gasteiger partial charge in [-0.05, 0) is 30.3 Å². The molecule has 0 amide bonds. The highest BCUT2D eigenvalue weighted by Crippen LogP contribution is 2.24. The Kier molecular flexibility index (Phi) is 4.10. The maximum absolute atomic E-state index is 13.2. The normalized spacial score (nSPS) is 11.1. The number of carboxylic acids is 1. The summed E-state index contributed by atoms with van der Waals surface area (Å²) in [4.78, 5) is 14.3. The van der Waals surface area contributed by atoms with Crippen LogP contribution in [0, 0.1) is 5.82 Å². The highest BCUT2D eigenvalue weighted by molar-refractivity contribution is 7.92. The Labute approximate surface area is 124 Å². The Hall–Kier alpha value is -2.19. The zero-order valence-electron chi connectivity index (χ0n) is 10.2. The van der Waals surface area contributed by atoms with Crippen molar-refractivity contribution in [3.63, 3.8) is 0 Å². The molecule has 0 unspecified atom stereocenters. The molecule has 1 heterocycles. The molecule has 6 nitrogen and oxygen atoms in total. The number of nitrogens with zero attached hydrogens (tertiary/aromatic N) is 1. The molecule has 0 fully saturated rings. The van der Waals surface area contributed by atoms with Gasteiger partial charge in [-0.2, -0.15) is 0 Å². The predicted octanol–water partition coefficient (Wildman–Crippen LogP) is 2.37. The monoisotopic (exact) mass is 330 g/mol. The summed E-state index contributed by atoms with van der Waals surface area (Å²) >= 11 is 5.69. The molecule has 2 aromatic rings. The van der Waals surface area contributed by atoms with Crippen LogP contribution in [0.25, 0.3) is 0 Å². The molecule has 0 aliphatic carbocycles. The van der Waals surface area contributed by atoms with Crippen molar-refractivity contribution in [1.82, 2.24) is 4.98 Å². The van der Waals surface area contributed by atoms with Crippen LogP contribution >= 0.6 is 11.6 Å². The van der Waals surface area contributed by atoms with Gasteiger partial charge in [0.25, 0.3) is 10.0 Å². The van der Waals surface area contributed by atoms with E-state index in [1.807, 2.05) is 4.72 Å². The first-order valence-corrected chi connectivity index (χ1v) is 7.33. The summed E-state index contributed by atoms with van der Waals surface area (Å²) in [5.41, 5.74) is -0.789. The van der Waals surface area contributed by atoms with Gasteiger partial charge in [0.1, 0.15) is 15.9 Å². The fourth-order valence-corrected chi connectivity index (χ4v) is 3.08. The molecular formula is C12H8ClFN2O4S. The van der Waals surface area contributed by atoms with Gasteiger partial charge in [-0.3, -0.25) is 4.72 Å². The van der Waals surface area contributed by atoms with Crippen molar-refractivity contribution in [2.45, 2.75) is 4.90 Å². The van der Waals surface area contributed by atoms with Gasteiger partial charge in [-0.15, -0.1) is 0 Å². The first-order chi connectivity index (χ1) is 9.81. The molecule has 0 spiro atoms. The van der Waals surface area contributed by atoms with E-state index in [0.29, 0.717) is 0 Å². The van der Waals surface area contributed by atoms with Crippen molar-refractivity contribution in [3.8, 4) is 0 Å². The lowest BCUT2D eigenvalue weighted by Gasteiger charge is -2.11. The fourth-order valence-electron chi connectivity index (χ4n) is 1.56. The number of aromatic carboxylic acids is 1. The van der Waals surface area contributed by atoms with Crippen LogP contribution in [-0.2, 0) is 10.0 Å². The second-order valence-electron chi connectivity index (χ2n) is 3.89. The average Bonchev–Trinajstić information content (AvgIpc) is 2.38. The standard InChI is InChI=1S/C12H8ClFN2O4S/c13-11-10(2-1-5-15-11)21(19,20)16-9-6-7(14)3-4-8(9)12(17)18/h1-6,16H,(H,17,18). The second-order valence-corrected chi connectivity index (χ2v) is 5.90. The van der Waals surface area contributed by atoms with Gasteiger partial charge >= 0.3 is 5.97 Å². The SMILES string of the molecule is O=C(O)c1ccc(F)cc1NS(=O)(=O)c1cccnc1Cl. The quantitative estimate of drug-likeness (QED) is 0.839. The molecule has 2 N–H and O–H groups in total. The molecule has 0 atom stereocenters. The highest BCUT2D eigenvalue weighted by Gasteiger charge is 2.21. The van der Waals surface area contributed by atoms with Gasteiger partial charge in [0.15, 0.2) is 0 Å². The maximum atomic E-state index is 13.2. The van der Waals surface area contributed by atoms with Gasteiger partial charge < -0.3 is 5.11 Å². The largest absolute Gasteiger partial charge is 0.478 e. The van der Waals surface area contributed by atoms with E-state index in [1.165, 1.54) is 18.3 Å². The number of rotatable bonds is 4. The molecule has 21 heavy (non-hydrogen) atoms. The molecule has 1 aromatic heterocycles. The smallest absolute Gasteiger partial charge is 0.337 e. The van der Waals surface area contributed by atoms with Crippen molar-refractivity contribution < 1.29 is 22.7 Å². The average molecular weight is 331 g/mol. The van der Waals surface area contributed by atoms with Gasteiger partial charge in [-0.25, -0.2) is 22.6 Å². The zero-order chi connectivity index (χ0) is 15.6. The van der Waals surface area contributed by atoms with Crippen LogP contribution in [0.15, 0.2) is 41.4 Å². The second kappa shape index (κ2) is 5.66. The van der Waals surface area contributed by atoms with Crippen LogP contribution in [0.4, 0.5) is 10.1 Å². The van der Waals surface area contributed by atoms with E-state index in [9.17, 15) is 17.6 Å². The summed E-state index contributed by atoms with van der Waals surface area (Å²) in [6, 6.07) is 5.19. The number of aromatic nitrogens is 1. The number of sulfonamides is 1. The van der Waals surface area contributed by atoms with Crippen LogP contribution in [0.5, 0.6) is 0 Å². The van der Waals surface area contributed by atoms with Crippen LogP contribution < -0.4 is 4.72 Å². The Morgan fingerprint density at radius 1 is 1.33 bits per heavy atom. The minimum absolute atomic E-state index is 0.279. The summed E-state index contributed by atoms with van der Waals surface area (Å²) in [6.45, 7) is 0. The van der Waals surface area contributed by atoms with E-state index in [2.05, 4.69) is 4.98 Å². The summed E-state index contributed by atoms with van der Waals surface area (Å²) in [5, 5.41) is 8.70. The maximum Gasteiger partial charge on any atom is 0.337 e. The molecular weight excluding hydrogens is 323 g/mol. The minimum atomic E-state index is -4.19. The van der Waals surface area contributed by atoms with Crippen molar-refractivity contribution in [2.24, 2.45) is 0 Å². The van der Waals surface area contributed by atoms with Crippen LogP contribution in [0.2, 0.25) is 5.15 Å². The van der Waals surface area contributed by atoms with Crippen LogP contribution in [-0.4, -0.2) is 24.5 Å². The lowest BCUT2D eigenvalue weighted by atomic mass is 10.2. The molecule has 0 saturated heterocycles. The summed E-state index contributed by atoms with van der Waals surface area (Å²) < 4.78 is 39.5. The molecule has 0 bridgehead atoms. The number of pyridine rings is 1. The molecule has 110 valence electrons. The third kappa shape index (κ3) is 3.29. The van der Waals surface area contributed by atoms with E-state index >= 15 is 0 Å². The summed E-state index contributed by atoms with van der Waals surface area (Å²) in [7, 11) is -4.19. The Morgan fingerprint density at radius 3 is 2.67 bits per heavy atom. The lowest BCUT2D eigenvalue weighted by Crippen LogP contribution is -2.16. The molecule has 1 aromatic carbocycles. The molecule has 9 heteroatoms. The number of halogens is 2. The molecule has 2 rings (SSSR count). The number of carbonyl (C=O) groups is 1. The van der Waals surface area contributed by atoms with E-state index in [-0.39, 0.29) is 15.6 Å². The molecule has 0 aliphatic rings. The molecule has 0 saturated carbocycles. The number of carboxylic acid groups (broad SMARTS) is 1. The number of benzene rings is 1. The van der Waals surface area contributed by atoms with Gasteiger partial charge in [0.2, 0.25) is 0 Å².